The van der Waals surface area contributed by atoms with E-state index in [9.17, 15) is 0 Å². The van der Waals surface area contributed by atoms with Crippen LogP contribution in [0.5, 0.6) is 0 Å². The molecule has 2 nitrogen and oxygen atoms in total. The molecule has 0 saturated heterocycles. The topological polar surface area (TPSA) is 21.3 Å². The van der Waals surface area contributed by atoms with Crippen molar-refractivity contribution in [3.63, 3.8) is 0 Å². The lowest BCUT2D eigenvalue weighted by molar-refractivity contribution is 0.288. The van der Waals surface area contributed by atoms with Crippen LogP contribution in [0.15, 0.2) is 11.8 Å². The molecule has 0 atom stereocenters. The summed E-state index contributed by atoms with van der Waals surface area (Å²) in [7, 11) is 1.65. The van der Waals surface area contributed by atoms with Gasteiger partial charge >= 0.3 is 0 Å². The first-order chi connectivity index (χ1) is 3.43. The maximum atomic E-state index is 4.85. The number of hydrogen-bond donors (Lipinski definition) is 1. The van der Waals surface area contributed by atoms with Crippen molar-refractivity contribution in [1.29, 1.82) is 0 Å². The molecular formula is C5H7NO. The molecule has 1 rings (SSSR count). The summed E-state index contributed by atoms with van der Waals surface area (Å²) in [5.74, 6) is 0.944. The van der Waals surface area contributed by atoms with Gasteiger partial charge in [-0.1, -0.05) is 0 Å². The van der Waals surface area contributed by atoms with Gasteiger partial charge in [-0.3, -0.25) is 5.32 Å². The van der Waals surface area contributed by atoms with Crippen LogP contribution < -0.4 is 5.32 Å². The molecule has 0 fully saturated rings. The number of ether oxygens (including phenoxy) is 1. The Morgan fingerprint density at radius 1 is 2.00 bits per heavy atom. The minimum atomic E-state index is 0.788. The molecule has 1 N–H and O–H groups in total. The summed E-state index contributed by atoms with van der Waals surface area (Å²) in [6, 6.07) is 0. The molecule has 1 heterocycles. The molecule has 1 aliphatic rings. The summed E-state index contributed by atoms with van der Waals surface area (Å²) in [6.45, 7) is 3.57. The van der Waals surface area contributed by atoms with Crippen molar-refractivity contribution in [3.05, 3.63) is 18.4 Å². The van der Waals surface area contributed by atoms with Crippen LogP contribution in [0.2, 0.25) is 0 Å². The van der Waals surface area contributed by atoms with Gasteiger partial charge in [0.1, 0.15) is 5.76 Å². The monoisotopic (exact) mass is 97.1 g/mol. The van der Waals surface area contributed by atoms with Crippen molar-refractivity contribution in [2.45, 2.75) is 0 Å². The third-order valence-corrected chi connectivity index (χ3v) is 0.860. The molecule has 2 heteroatoms. The van der Waals surface area contributed by atoms with E-state index < -0.39 is 0 Å². The van der Waals surface area contributed by atoms with Crippen molar-refractivity contribution in [2.24, 2.45) is 0 Å². The minimum absolute atomic E-state index is 0.788. The molecule has 2 radical (unpaired) electrons. The Kier molecular flexibility index (Phi) is 1.32. The average Bonchev–Trinajstić information content (AvgIpc) is 2.14. The maximum Gasteiger partial charge on any atom is 0.107 e. The van der Waals surface area contributed by atoms with Gasteiger partial charge < -0.3 is 4.74 Å². The van der Waals surface area contributed by atoms with Crippen molar-refractivity contribution in [2.75, 3.05) is 13.7 Å². The molecule has 0 aromatic rings. The predicted molar refractivity (Wildman–Crippen MR) is 26.3 cm³/mol. The summed E-state index contributed by atoms with van der Waals surface area (Å²) < 4.78 is 4.85. The van der Waals surface area contributed by atoms with Crippen LogP contribution in [0.1, 0.15) is 0 Å². The van der Waals surface area contributed by atoms with Crippen LogP contribution in [0.4, 0.5) is 0 Å². The molecule has 0 unspecified atom stereocenters. The second-order valence-electron chi connectivity index (χ2n) is 1.31. The fraction of sp³-hybridized carbons (Fsp3) is 0.400. The Labute approximate surface area is 43.2 Å². The number of methoxy groups -OCH3 is 1. The highest BCUT2D eigenvalue weighted by Crippen LogP contribution is 1.99. The van der Waals surface area contributed by atoms with Crippen molar-refractivity contribution in [3.8, 4) is 0 Å². The zero-order valence-corrected chi connectivity index (χ0v) is 4.19. The Balaban J connectivity index is 2.36. The average molecular weight is 97.1 g/mol. The lowest BCUT2D eigenvalue weighted by Gasteiger charge is -1.94. The summed E-state index contributed by atoms with van der Waals surface area (Å²) in [5.41, 5.74) is 0. The third-order valence-electron chi connectivity index (χ3n) is 0.860. The van der Waals surface area contributed by atoms with Crippen LogP contribution in [-0.2, 0) is 4.74 Å². The van der Waals surface area contributed by atoms with E-state index in [1.54, 1.807) is 13.2 Å². The Morgan fingerprint density at radius 3 is 3.14 bits per heavy atom. The van der Waals surface area contributed by atoms with Gasteiger partial charge in [0.05, 0.1) is 20.2 Å². The number of hydrogen-bond acceptors (Lipinski definition) is 2. The van der Waals surface area contributed by atoms with Crippen LogP contribution in [-0.4, -0.2) is 13.7 Å². The van der Waals surface area contributed by atoms with Gasteiger partial charge in [-0.25, -0.2) is 0 Å². The summed E-state index contributed by atoms with van der Waals surface area (Å²) in [4.78, 5) is 0. The van der Waals surface area contributed by atoms with E-state index in [1.165, 1.54) is 0 Å². The van der Waals surface area contributed by atoms with E-state index >= 15 is 0 Å². The molecule has 0 aromatic carbocycles. The Morgan fingerprint density at radius 2 is 2.86 bits per heavy atom. The molecule has 0 saturated carbocycles. The largest absolute Gasteiger partial charge is 0.500 e. The Hall–Kier alpha value is -0.500. The van der Waals surface area contributed by atoms with Gasteiger partial charge in [-0.2, -0.15) is 0 Å². The molecule has 0 spiro atoms. The van der Waals surface area contributed by atoms with E-state index in [4.69, 9.17) is 4.74 Å². The highest BCUT2D eigenvalue weighted by atomic mass is 16.5. The quantitative estimate of drug-likeness (QED) is 0.503. The molecular weight excluding hydrogens is 90.1 g/mol. The smallest absolute Gasteiger partial charge is 0.107 e. The third kappa shape index (κ3) is 0.933. The van der Waals surface area contributed by atoms with Gasteiger partial charge in [-0.05, 0) is 6.08 Å². The van der Waals surface area contributed by atoms with Gasteiger partial charge in [0.25, 0.3) is 0 Å². The lowest BCUT2D eigenvalue weighted by atomic mass is 10.5. The van der Waals surface area contributed by atoms with Gasteiger partial charge in [0.2, 0.25) is 0 Å². The zero-order valence-electron chi connectivity index (χ0n) is 4.19. The molecule has 7 heavy (non-hydrogen) atoms. The highest BCUT2D eigenvalue weighted by Gasteiger charge is 2.00. The fourth-order valence-electron chi connectivity index (χ4n) is 0.452. The van der Waals surface area contributed by atoms with Crippen molar-refractivity contribution < 1.29 is 4.74 Å². The fourth-order valence-corrected chi connectivity index (χ4v) is 0.452. The van der Waals surface area contributed by atoms with Crippen molar-refractivity contribution in [1.82, 2.24) is 5.32 Å². The lowest BCUT2D eigenvalue weighted by Crippen LogP contribution is -2.04. The summed E-state index contributed by atoms with van der Waals surface area (Å²) in [5, 5.41) is 2.86. The molecule has 0 bridgehead atoms. The first-order valence-corrected chi connectivity index (χ1v) is 2.15. The second kappa shape index (κ2) is 1.98. The van der Waals surface area contributed by atoms with Gasteiger partial charge in [0, 0.05) is 0 Å². The number of rotatable bonds is 1. The standard InChI is InChI=1S/C5H7NO/c1-7-5-2-3-6-4-5/h2,6H,4H2,1H3. The second-order valence-corrected chi connectivity index (χ2v) is 1.31. The van der Waals surface area contributed by atoms with E-state index in [-0.39, 0.29) is 0 Å². The molecule has 0 amide bonds. The zero-order chi connectivity index (χ0) is 5.11. The maximum absolute atomic E-state index is 4.85. The molecule has 0 aromatic heterocycles. The van der Waals surface area contributed by atoms with E-state index in [0.29, 0.717) is 0 Å². The van der Waals surface area contributed by atoms with Crippen molar-refractivity contribution >= 4 is 0 Å². The first-order valence-electron chi connectivity index (χ1n) is 2.15. The van der Waals surface area contributed by atoms with Gasteiger partial charge in [-0.15, -0.1) is 0 Å². The summed E-state index contributed by atoms with van der Waals surface area (Å²) in [6.07, 6.45) is 1.79. The molecule has 0 aliphatic carbocycles. The van der Waals surface area contributed by atoms with Crippen LogP contribution >= 0.6 is 0 Å². The van der Waals surface area contributed by atoms with Crippen LogP contribution in [0.25, 0.3) is 0 Å². The van der Waals surface area contributed by atoms with Crippen LogP contribution in [0.3, 0.4) is 0 Å². The molecule has 38 valence electrons. The highest BCUT2D eigenvalue weighted by molar-refractivity contribution is 5.09. The Bertz CT molecular complexity index is 88.1. The predicted octanol–water partition coefficient (Wildman–Crippen LogP) is 0.159. The van der Waals surface area contributed by atoms with E-state index in [0.717, 1.165) is 12.3 Å². The SMILES string of the molecule is COC1=C[C]NC1. The van der Waals surface area contributed by atoms with E-state index in [1.807, 2.05) is 0 Å². The number of nitrogens with one attached hydrogen (secondary N) is 1. The normalized spacial score (nSPS) is 19.3. The van der Waals surface area contributed by atoms with E-state index in [2.05, 4.69) is 11.9 Å². The minimum Gasteiger partial charge on any atom is -0.500 e. The van der Waals surface area contributed by atoms with Gasteiger partial charge in [0.15, 0.2) is 0 Å². The first kappa shape index (κ1) is 4.65. The van der Waals surface area contributed by atoms with Crippen LogP contribution in [0, 0.1) is 6.54 Å². The summed E-state index contributed by atoms with van der Waals surface area (Å²) >= 11 is 0. The molecule has 1 aliphatic heterocycles.